The summed E-state index contributed by atoms with van der Waals surface area (Å²) in [5.74, 6) is 0.888. The molecule has 1 aromatic rings. The second kappa shape index (κ2) is 7.88. The standard InChI is InChI=1S/C16H25NO4/c1-5-16(6-2,11-18)10-17-15(19)13-8-7-12(20-3)9-14(13)21-4/h7-9,18H,5-6,10-11H2,1-4H3,(H,17,19). The molecule has 0 aliphatic heterocycles. The van der Waals surface area contributed by atoms with Crippen LogP contribution in [0, 0.1) is 5.41 Å². The molecule has 0 saturated heterocycles. The molecular weight excluding hydrogens is 270 g/mol. The van der Waals surface area contributed by atoms with Crippen molar-refractivity contribution in [2.24, 2.45) is 5.41 Å². The highest BCUT2D eigenvalue weighted by Crippen LogP contribution is 2.26. The summed E-state index contributed by atoms with van der Waals surface area (Å²) in [5.41, 5.74) is 0.187. The van der Waals surface area contributed by atoms with Gasteiger partial charge < -0.3 is 19.9 Å². The molecule has 0 spiro atoms. The Morgan fingerprint density at radius 1 is 1.24 bits per heavy atom. The van der Waals surface area contributed by atoms with E-state index in [2.05, 4.69) is 5.32 Å². The molecule has 5 heteroatoms. The van der Waals surface area contributed by atoms with Crippen LogP contribution in [-0.2, 0) is 0 Å². The Labute approximate surface area is 126 Å². The first-order chi connectivity index (χ1) is 10.1. The first-order valence-corrected chi connectivity index (χ1v) is 7.17. The van der Waals surface area contributed by atoms with Crippen LogP contribution in [0.1, 0.15) is 37.0 Å². The maximum absolute atomic E-state index is 12.3. The van der Waals surface area contributed by atoms with Gasteiger partial charge in [-0.2, -0.15) is 0 Å². The fraction of sp³-hybridized carbons (Fsp3) is 0.562. The molecule has 118 valence electrons. The molecule has 1 rings (SSSR count). The van der Waals surface area contributed by atoms with E-state index in [9.17, 15) is 9.90 Å². The van der Waals surface area contributed by atoms with E-state index in [0.29, 0.717) is 23.6 Å². The second-order valence-corrected chi connectivity index (χ2v) is 5.11. The number of benzene rings is 1. The smallest absolute Gasteiger partial charge is 0.255 e. The van der Waals surface area contributed by atoms with Crippen LogP contribution in [0.25, 0.3) is 0 Å². The average Bonchev–Trinajstić information content (AvgIpc) is 2.55. The van der Waals surface area contributed by atoms with Gasteiger partial charge in [0, 0.05) is 18.0 Å². The number of carbonyl (C=O) groups is 1. The minimum Gasteiger partial charge on any atom is -0.497 e. The molecule has 0 radical (unpaired) electrons. The van der Waals surface area contributed by atoms with Gasteiger partial charge >= 0.3 is 0 Å². The Bertz CT molecular complexity index is 461. The number of aliphatic hydroxyl groups is 1. The van der Waals surface area contributed by atoms with Gasteiger partial charge in [0.15, 0.2) is 0 Å². The number of aliphatic hydroxyl groups excluding tert-OH is 1. The highest BCUT2D eigenvalue weighted by molar-refractivity contribution is 5.97. The van der Waals surface area contributed by atoms with E-state index in [0.717, 1.165) is 12.8 Å². The van der Waals surface area contributed by atoms with E-state index < -0.39 is 0 Å². The minimum atomic E-state index is -0.268. The number of nitrogens with one attached hydrogen (secondary N) is 1. The van der Waals surface area contributed by atoms with Gasteiger partial charge in [-0.3, -0.25) is 4.79 Å². The lowest BCUT2D eigenvalue weighted by atomic mass is 9.83. The minimum absolute atomic E-state index is 0.0556. The van der Waals surface area contributed by atoms with Crippen molar-refractivity contribution in [2.45, 2.75) is 26.7 Å². The first-order valence-electron chi connectivity index (χ1n) is 7.17. The van der Waals surface area contributed by atoms with Crippen LogP contribution in [0.15, 0.2) is 18.2 Å². The monoisotopic (exact) mass is 295 g/mol. The fourth-order valence-electron chi connectivity index (χ4n) is 2.13. The molecule has 0 aliphatic carbocycles. The lowest BCUT2D eigenvalue weighted by molar-refractivity contribution is 0.0848. The number of ether oxygens (including phenoxy) is 2. The predicted molar refractivity (Wildman–Crippen MR) is 82.0 cm³/mol. The van der Waals surface area contributed by atoms with Gasteiger partial charge in [0.1, 0.15) is 11.5 Å². The Hall–Kier alpha value is -1.75. The molecule has 0 atom stereocenters. The molecule has 5 nitrogen and oxygen atoms in total. The van der Waals surface area contributed by atoms with Crippen LogP contribution in [0.5, 0.6) is 11.5 Å². The number of amides is 1. The number of carbonyl (C=O) groups excluding carboxylic acids is 1. The van der Waals surface area contributed by atoms with Crippen molar-refractivity contribution in [3.63, 3.8) is 0 Å². The molecule has 2 N–H and O–H groups in total. The van der Waals surface area contributed by atoms with Crippen molar-refractivity contribution < 1.29 is 19.4 Å². The molecule has 0 saturated carbocycles. The van der Waals surface area contributed by atoms with Crippen LogP contribution in [0.4, 0.5) is 0 Å². The van der Waals surface area contributed by atoms with Crippen LogP contribution >= 0.6 is 0 Å². The summed E-state index contributed by atoms with van der Waals surface area (Å²) in [7, 11) is 3.08. The highest BCUT2D eigenvalue weighted by atomic mass is 16.5. The van der Waals surface area contributed by atoms with E-state index >= 15 is 0 Å². The molecule has 0 heterocycles. The van der Waals surface area contributed by atoms with Crippen LogP contribution in [0.2, 0.25) is 0 Å². The normalized spacial score (nSPS) is 11.1. The van der Waals surface area contributed by atoms with Crippen LogP contribution in [-0.4, -0.2) is 38.4 Å². The van der Waals surface area contributed by atoms with E-state index in [1.807, 2.05) is 13.8 Å². The molecule has 1 aromatic carbocycles. The maximum Gasteiger partial charge on any atom is 0.255 e. The third-order valence-corrected chi connectivity index (χ3v) is 4.11. The Balaban J connectivity index is 2.85. The molecule has 0 unspecified atom stereocenters. The summed E-state index contributed by atoms with van der Waals surface area (Å²) >= 11 is 0. The quantitative estimate of drug-likeness (QED) is 0.772. The SMILES string of the molecule is CCC(CC)(CO)CNC(=O)c1ccc(OC)cc1OC. The number of hydrogen-bond donors (Lipinski definition) is 2. The third-order valence-electron chi connectivity index (χ3n) is 4.11. The van der Waals surface area contributed by atoms with E-state index in [1.54, 1.807) is 25.3 Å². The van der Waals surface area contributed by atoms with Crippen LogP contribution in [0.3, 0.4) is 0 Å². The zero-order valence-corrected chi connectivity index (χ0v) is 13.2. The summed E-state index contributed by atoms with van der Waals surface area (Å²) in [5, 5.41) is 12.4. The van der Waals surface area contributed by atoms with Gasteiger partial charge in [-0.05, 0) is 25.0 Å². The van der Waals surface area contributed by atoms with Crippen molar-refractivity contribution >= 4 is 5.91 Å². The first kappa shape index (κ1) is 17.3. The molecular formula is C16H25NO4. The summed E-state index contributed by atoms with van der Waals surface area (Å²) in [6, 6.07) is 5.07. The van der Waals surface area contributed by atoms with Crippen LogP contribution < -0.4 is 14.8 Å². The number of hydrogen-bond acceptors (Lipinski definition) is 4. The van der Waals surface area contributed by atoms with Gasteiger partial charge in [0.05, 0.1) is 26.4 Å². The van der Waals surface area contributed by atoms with Gasteiger partial charge in [-0.1, -0.05) is 13.8 Å². The molecule has 21 heavy (non-hydrogen) atoms. The van der Waals surface area contributed by atoms with Gasteiger partial charge in [0.25, 0.3) is 5.91 Å². The Morgan fingerprint density at radius 2 is 1.90 bits per heavy atom. The van der Waals surface area contributed by atoms with Gasteiger partial charge in [-0.15, -0.1) is 0 Å². The van der Waals surface area contributed by atoms with Crippen molar-refractivity contribution in [1.29, 1.82) is 0 Å². The van der Waals surface area contributed by atoms with Crippen molar-refractivity contribution in [3.8, 4) is 11.5 Å². The molecule has 0 bridgehead atoms. The summed E-state index contributed by atoms with van der Waals surface area (Å²) in [6.07, 6.45) is 1.61. The molecule has 0 aromatic heterocycles. The summed E-state index contributed by atoms with van der Waals surface area (Å²) in [6.45, 7) is 4.52. The number of rotatable bonds is 8. The predicted octanol–water partition coefficient (Wildman–Crippen LogP) is 2.23. The molecule has 0 aliphatic rings. The fourth-order valence-corrected chi connectivity index (χ4v) is 2.13. The highest BCUT2D eigenvalue weighted by Gasteiger charge is 2.26. The lowest BCUT2D eigenvalue weighted by Crippen LogP contribution is -2.39. The largest absolute Gasteiger partial charge is 0.497 e. The van der Waals surface area contributed by atoms with Gasteiger partial charge in [0.2, 0.25) is 0 Å². The average molecular weight is 295 g/mol. The Morgan fingerprint density at radius 3 is 2.38 bits per heavy atom. The van der Waals surface area contributed by atoms with Crippen molar-refractivity contribution in [2.75, 3.05) is 27.4 Å². The van der Waals surface area contributed by atoms with Crippen molar-refractivity contribution in [3.05, 3.63) is 23.8 Å². The lowest BCUT2D eigenvalue weighted by Gasteiger charge is -2.29. The third kappa shape index (κ3) is 4.11. The van der Waals surface area contributed by atoms with E-state index in [4.69, 9.17) is 9.47 Å². The van der Waals surface area contributed by atoms with E-state index in [1.165, 1.54) is 7.11 Å². The van der Waals surface area contributed by atoms with Gasteiger partial charge in [-0.25, -0.2) is 0 Å². The second-order valence-electron chi connectivity index (χ2n) is 5.11. The molecule has 0 fully saturated rings. The van der Waals surface area contributed by atoms with E-state index in [-0.39, 0.29) is 17.9 Å². The number of methoxy groups -OCH3 is 2. The van der Waals surface area contributed by atoms with Crippen molar-refractivity contribution in [1.82, 2.24) is 5.32 Å². The summed E-state index contributed by atoms with van der Waals surface area (Å²) in [4.78, 5) is 12.3. The topological polar surface area (TPSA) is 67.8 Å². The molecule has 1 amide bonds. The zero-order valence-electron chi connectivity index (χ0n) is 13.2. The zero-order chi connectivity index (χ0) is 15.9. The summed E-state index contributed by atoms with van der Waals surface area (Å²) < 4.78 is 10.3. The Kier molecular flexibility index (Phi) is 6.49. The maximum atomic E-state index is 12.3.